The lowest BCUT2D eigenvalue weighted by Gasteiger charge is -2.29. The number of amides is 1. The predicted octanol–water partition coefficient (Wildman–Crippen LogP) is 2.11. The molecule has 6 heteroatoms. The molecule has 2 rings (SSSR count). The minimum Gasteiger partial charge on any atom is -0.479 e. The average Bonchev–Trinajstić information content (AvgIpc) is 2.42. The molecule has 0 unspecified atom stereocenters. The number of ether oxygens (including phenoxy) is 2. The van der Waals surface area contributed by atoms with E-state index in [2.05, 4.69) is 0 Å². The van der Waals surface area contributed by atoms with E-state index in [0.29, 0.717) is 32.1 Å². The molecule has 1 atom stereocenters. The summed E-state index contributed by atoms with van der Waals surface area (Å²) < 4.78 is 23.6. The molecule has 19 heavy (non-hydrogen) atoms. The molecular formula is C13H15ClFNO3. The fourth-order valence-electron chi connectivity index (χ4n) is 1.85. The molecule has 0 N–H and O–H groups in total. The van der Waals surface area contributed by atoms with Crippen LogP contribution in [0.2, 0.25) is 5.02 Å². The molecule has 1 fully saturated rings. The first-order valence-electron chi connectivity index (χ1n) is 6.06. The van der Waals surface area contributed by atoms with Gasteiger partial charge in [-0.25, -0.2) is 4.39 Å². The Balaban J connectivity index is 1.99. The van der Waals surface area contributed by atoms with Gasteiger partial charge in [0.05, 0.1) is 18.2 Å². The van der Waals surface area contributed by atoms with E-state index in [1.54, 1.807) is 11.8 Å². The average molecular weight is 288 g/mol. The highest BCUT2D eigenvalue weighted by atomic mass is 35.5. The van der Waals surface area contributed by atoms with E-state index in [-0.39, 0.29) is 10.9 Å². The molecule has 1 aliphatic heterocycles. The van der Waals surface area contributed by atoms with Gasteiger partial charge in [0.1, 0.15) is 11.6 Å². The van der Waals surface area contributed by atoms with Crippen LogP contribution < -0.4 is 4.74 Å². The summed E-state index contributed by atoms with van der Waals surface area (Å²) in [7, 11) is 0. The molecule has 0 saturated carbocycles. The van der Waals surface area contributed by atoms with Gasteiger partial charge in [0.2, 0.25) is 0 Å². The van der Waals surface area contributed by atoms with E-state index < -0.39 is 11.9 Å². The van der Waals surface area contributed by atoms with Crippen molar-refractivity contribution in [3.8, 4) is 5.75 Å². The van der Waals surface area contributed by atoms with Crippen LogP contribution in [0, 0.1) is 5.82 Å². The van der Waals surface area contributed by atoms with E-state index in [1.165, 1.54) is 12.1 Å². The monoisotopic (exact) mass is 287 g/mol. The first-order valence-corrected chi connectivity index (χ1v) is 6.44. The summed E-state index contributed by atoms with van der Waals surface area (Å²) in [6.45, 7) is 3.84. The topological polar surface area (TPSA) is 38.8 Å². The second kappa shape index (κ2) is 6.21. The van der Waals surface area contributed by atoms with E-state index in [9.17, 15) is 9.18 Å². The molecular weight excluding hydrogens is 273 g/mol. The van der Waals surface area contributed by atoms with E-state index in [4.69, 9.17) is 21.1 Å². The number of rotatable bonds is 3. The number of carbonyl (C=O) groups is 1. The Morgan fingerprint density at radius 3 is 2.79 bits per heavy atom. The fraction of sp³-hybridized carbons (Fsp3) is 0.462. The SMILES string of the molecule is C[C@H](Oc1ccc(F)cc1Cl)C(=O)N1CCOCC1. The summed E-state index contributed by atoms with van der Waals surface area (Å²) in [5.74, 6) is -0.259. The number of benzene rings is 1. The summed E-state index contributed by atoms with van der Waals surface area (Å²) in [6, 6.07) is 3.82. The standard InChI is InChI=1S/C13H15ClFNO3/c1-9(13(17)16-4-6-18-7-5-16)19-12-3-2-10(15)8-11(12)14/h2-3,8-9H,4-7H2,1H3/t9-/m0/s1. The van der Waals surface area contributed by atoms with E-state index in [1.807, 2.05) is 0 Å². The van der Waals surface area contributed by atoms with Gasteiger partial charge >= 0.3 is 0 Å². The number of morpholine rings is 1. The van der Waals surface area contributed by atoms with Crippen LogP contribution >= 0.6 is 11.6 Å². The van der Waals surface area contributed by atoms with Crippen LogP contribution in [0.25, 0.3) is 0 Å². The molecule has 1 aliphatic rings. The van der Waals surface area contributed by atoms with Crippen LogP contribution in [-0.4, -0.2) is 43.2 Å². The third-order valence-corrected chi connectivity index (χ3v) is 3.16. The molecule has 0 bridgehead atoms. The number of halogens is 2. The third kappa shape index (κ3) is 3.58. The van der Waals surface area contributed by atoms with Gasteiger partial charge in [-0.1, -0.05) is 11.6 Å². The van der Waals surface area contributed by atoms with Gasteiger partial charge < -0.3 is 14.4 Å². The summed E-state index contributed by atoms with van der Waals surface area (Å²) in [4.78, 5) is 13.8. The van der Waals surface area contributed by atoms with E-state index >= 15 is 0 Å². The van der Waals surface area contributed by atoms with Crippen molar-refractivity contribution in [3.63, 3.8) is 0 Å². The van der Waals surface area contributed by atoms with Crippen LogP contribution in [0.1, 0.15) is 6.92 Å². The molecule has 0 radical (unpaired) electrons. The zero-order valence-corrected chi connectivity index (χ0v) is 11.3. The molecule has 1 aromatic rings. The first kappa shape index (κ1) is 14.1. The molecule has 4 nitrogen and oxygen atoms in total. The van der Waals surface area contributed by atoms with Gasteiger partial charge in [0.15, 0.2) is 6.10 Å². The highest BCUT2D eigenvalue weighted by Crippen LogP contribution is 2.26. The third-order valence-electron chi connectivity index (χ3n) is 2.87. The van der Waals surface area contributed by atoms with Crippen LogP contribution in [0.3, 0.4) is 0 Å². The zero-order valence-electron chi connectivity index (χ0n) is 10.6. The van der Waals surface area contributed by atoms with Crippen molar-refractivity contribution in [1.29, 1.82) is 0 Å². The van der Waals surface area contributed by atoms with Crippen LogP contribution in [0.5, 0.6) is 5.75 Å². The van der Waals surface area contributed by atoms with Gasteiger partial charge in [-0.2, -0.15) is 0 Å². The molecule has 1 aromatic carbocycles. The Morgan fingerprint density at radius 2 is 2.16 bits per heavy atom. The van der Waals surface area contributed by atoms with Gasteiger partial charge in [0, 0.05) is 13.1 Å². The van der Waals surface area contributed by atoms with Gasteiger partial charge in [-0.3, -0.25) is 4.79 Å². The van der Waals surface area contributed by atoms with Crippen molar-refractivity contribution in [2.45, 2.75) is 13.0 Å². The minimum atomic E-state index is -0.666. The van der Waals surface area contributed by atoms with Crippen molar-refractivity contribution in [1.82, 2.24) is 4.90 Å². The Kier molecular flexibility index (Phi) is 4.61. The van der Waals surface area contributed by atoms with Crippen molar-refractivity contribution in [2.24, 2.45) is 0 Å². The minimum absolute atomic E-state index is 0.122. The number of nitrogens with zero attached hydrogens (tertiary/aromatic N) is 1. The van der Waals surface area contributed by atoms with Crippen LogP contribution in [0.4, 0.5) is 4.39 Å². The molecule has 1 heterocycles. The largest absolute Gasteiger partial charge is 0.479 e. The van der Waals surface area contributed by atoms with Crippen LogP contribution in [0.15, 0.2) is 18.2 Å². The lowest BCUT2D eigenvalue weighted by Crippen LogP contribution is -2.46. The fourth-order valence-corrected chi connectivity index (χ4v) is 2.06. The second-order valence-corrected chi connectivity index (χ2v) is 4.68. The number of hydrogen-bond acceptors (Lipinski definition) is 3. The van der Waals surface area contributed by atoms with Crippen molar-refractivity contribution >= 4 is 17.5 Å². The molecule has 0 aliphatic carbocycles. The van der Waals surface area contributed by atoms with Crippen LogP contribution in [-0.2, 0) is 9.53 Å². The highest BCUT2D eigenvalue weighted by molar-refractivity contribution is 6.32. The molecule has 0 aromatic heterocycles. The summed E-state index contributed by atoms with van der Waals surface area (Å²) in [6.07, 6.45) is -0.666. The molecule has 104 valence electrons. The lowest BCUT2D eigenvalue weighted by atomic mass is 10.3. The molecule has 1 amide bonds. The highest BCUT2D eigenvalue weighted by Gasteiger charge is 2.24. The first-order chi connectivity index (χ1) is 9.08. The van der Waals surface area contributed by atoms with Crippen molar-refractivity contribution in [3.05, 3.63) is 29.0 Å². The van der Waals surface area contributed by atoms with Crippen molar-refractivity contribution in [2.75, 3.05) is 26.3 Å². The van der Waals surface area contributed by atoms with Gasteiger partial charge in [0.25, 0.3) is 5.91 Å². The Hall–Kier alpha value is -1.33. The zero-order chi connectivity index (χ0) is 13.8. The summed E-state index contributed by atoms with van der Waals surface area (Å²) >= 11 is 5.85. The maximum atomic E-state index is 12.9. The van der Waals surface area contributed by atoms with Crippen molar-refractivity contribution < 1.29 is 18.7 Å². The Labute approximate surface area is 116 Å². The molecule has 1 saturated heterocycles. The Morgan fingerprint density at radius 1 is 1.47 bits per heavy atom. The summed E-state index contributed by atoms with van der Waals surface area (Å²) in [5, 5.41) is 0.154. The number of carbonyl (C=O) groups excluding carboxylic acids is 1. The second-order valence-electron chi connectivity index (χ2n) is 4.27. The predicted molar refractivity (Wildman–Crippen MR) is 68.9 cm³/mol. The lowest BCUT2D eigenvalue weighted by molar-refractivity contribution is -0.142. The maximum Gasteiger partial charge on any atom is 0.263 e. The van der Waals surface area contributed by atoms with E-state index in [0.717, 1.165) is 6.07 Å². The summed E-state index contributed by atoms with van der Waals surface area (Å²) in [5.41, 5.74) is 0. The smallest absolute Gasteiger partial charge is 0.263 e. The molecule has 0 spiro atoms. The van der Waals surface area contributed by atoms with Gasteiger partial charge in [-0.05, 0) is 25.1 Å². The quantitative estimate of drug-likeness (QED) is 0.855. The normalized spacial score (nSPS) is 17.1. The number of hydrogen-bond donors (Lipinski definition) is 0. The van der Waals surface area contributed by atoms with Gasteiger partial charge in [-0.15, -0.1) is 0 Å². The maximum absolute atomic E-state index is 12.9. The Bertz CT molecular complexity index is 463.